The van der Waals surface area contributed by atoms with Crippen LogP contribution in [0.25, 0.3) is 0 Å². The molecule has 0 aromatic carbocycles. The molecule has 2 nitrogen and oxygen atoms in total. The van der Waals surface area contributed by atoms with E-state index in [0.29, 0.717) is 11.5 Å². The minimum absolute atomic E-state index is 0.489. The van der Waals surface area contributed by atoms with Crippen molar-refractivity contribution in [2.75, 3.05) is 0 Å². The molecule has 1 aliphatic carbocycles. The van der Waals surface area contributed by atoms with Crippen molar-refractivity contribution in [3.05, 3.63) is 22.4 Å². The number of aryl methyl sites for hydroxylation is 1. The Morgan fingerprint density at radius 3 is 2.72 bits per heavy atom. The monoisotopic (exact) mass is 266 g/mol. The highest BCUT2D eigenvalue weighted by Gasteiger charge is 2.30. The van der Waals surface area contributed by atoms with Gasteiger partial charge in [-0.3, -0.25) is 11.3 Å². The molecule has 0 spiro atoms. The number of nitrogens with one attached hydrogen (secondary N) is 1. The van der Waals surface area contributed by atoms with Gasteiger partial charge in [-0.1, -0.05) is 19.9 Å². The van der Waals surface area contributed by atoms with E-state index < -0.39 is 0 Å². The molecule has 0 amide bonds. The van der Waals surface area contributed by atoms with Crippen molar-refractivity contribution in [1.29, 1.82) is 0 Å². The molecular weight excluding hydrogens is 240 g/mol. The number of hydrazine groups is 1. The topological polar surface area (TPSA) is 38.0 Å². The van der Waals surface area contributed by atoms with Gasteiger partial charge < -0.3 is 0 Å². The SMILES string of the molecule is CC1(C)CCC(C(CCc2cccs2)NN)CC1. The molecule has 3 N–H and O–H groups in total. The van der Waals surface area contributed by atoms with Crippen molar-refractivity contribution in [2.45, 2.75) is 58.4 Å². The Morgan fingerprint density at radius 2 is 2.17 bits per heavy atom. The standard InChI is InChI=1S/C15H26N2S/c1-15(2)9-7-12(8-10-15)14(17-16)6-5-13-4-3-11-18-13/h3-4,11-12,14,17H,5-10,16H2,1-2H3. The van der Waals surface area contributed by atoms with Crippen LogP contribution in [0.1, 0.15) is 50.8 Å². The maximum absolute atomic E-state index is 5.76. The van der Waals surface area contributed by atoms with E-state index in [1.165, 1.54) is 37.0 Å². The first-order valence-electron chi connectivity index (χ1n) is 7.09. The third-order valence-electron chi connectivity index (χ3n) is 4.45. The summed E-state index contributed by atoms with van der Waals surface area (Å²) in [6, 6.07) is 4.85. The lowest BCUT2D eigenvalue weighted by Crippen LogP contribution is -2.43. The summed E-state index contributed by atoms with van der Waals surface area (Å²) >= 11 is 1.85. The van der Waals surface area contributed by atoms with E-state index in [1.54, 1.807) is 0 Å². The second kappa shape index (κ2) is 6.18. The van der Waals surface area contributed by atoms with Crippen LogP contribution in [0.3, 0.4) is 0 Å². The minimum atomic E-state index is 0.489. The molecule has 1 aliphatic rings. The lowest BCUT2D eigenvalue weighted by molar-refractivity contribution is 0.158. The number of nitrogens with two attached hydrogens (primary N) is 1. The van der Waals surface area contributed by atoms with Gasteiger partial charge >= 0.3 is 0 Å². The average Bonchev–Trinajstić information content (AvgIpc) is 2.84. The highest BCUT2D eigenvalue weighted by molar-refractivity contribution is 7.09. The van der Waals surface area contributed by atoms with E-state index in [1.807, 2.05) is 11.3 Å². The minimum Gasteiger partial charge on any atom is -0.271 e. The summed E-state index contributed by atoms with van der Waals surface area (Å²) in [6.45, 7) is 4.78. The second-order valence-corrected chi connectivity index (χ2v) is 7.43. The first-order valence-corrected chi connectivity index (χ1v) is 7.97. The summed E-state index contributed by atoms with van der Waals surface area (Å²) in [6.07, 6.45) is 7.66. The molecule has 0 bridgehead atoms. The predicted octanol–water partition coefficient (Wildman–Crippen LogP) is 3.73. The molecule has 1 heterocycles. The van der Waals surface area contributed by atoms with E-state index in [2.05, 4.69) is 36.8 Å². The molecule has 1 aromatic heterocycles. The zero-order valence-corrected chi connectivity index (χ0v) is 12.4. The van der Waals surface area contributed by atoms with Crippen LogP contribution >= 0.6 is 11.3 Å². The highest BCUT2D eigenvalue weighted by atomic mass is 32.1. The second-order valence-electron chi connectivity index (χ2n) is 6.39. The normalized spacial score (nSPS) is 21.9. The summed E-state index contributed by atoms with van der Waals surface area (Å²) in [5.74, 6) is 6.53. The molecule has 102 valence electrons. The predicted molar refractivity (Wildman–Crippen MR) is 79.5 cm³/mol. The Kier molecular flexibility index (Phi) is 4.82. The van der Waals surface area contributed by atoms with Gasteiger partial charge in [0.2, 0.25) is 0 Å². The average molecular weight is 266 g/mol. The summed E-state index contributed by atoms with van der Waals surface area (Å²) in [5, 5.41) is 2.16. The maximum Gasteiger partial charge on any atom is 0.0242 e. The van der Waals surface area contributed by atoms with Gasteiger partial charge in [0.05, 0.1) is 0 Å². The van der Waals surface area contributed by atoms with Gasteiger partial charge in [0.15, 0.2) is 0 Å². The van der Waals surface area contributed by atoms with Crippen molar-refractivity contribution >= 4 is 11.3 Å². The quantitative estimate of drug-likeness (QED) is 0.629. The lowest BCUT2D eigenvalue weighted by Gasteiger charge is -2.37. The Labute approximate surface area is 115 Å². The van der Waals surface area contributed by atoms with E-state index in [4.69, 9.17) is 5.84 Å². The molecule has 1 atom stereocenters. The molecule has 1 unspecified atom stereocenters. The third-order valence-corrected chi connectivity index (χ3v) is 5.38. The molecule has 1 aromatic rings. The van der Waals surface area contributed by atoms with Crippen LogP contribution in [0, 0.1) is 11.3 Å². The molecule has 3 heteroatoms. The van der Waals surface area contributed by atoms with Crippen molar-refractivity contribution < 1.29 is 0 Å². The van der Waals surface area contributed by atoms with Crippen LogP contribution in [0.15, 0.2) is 17.5 Å². The Bertz CT molecular complexity index is 335. The molecule has 1 fully saturated rings. The van der Waals surface area contributed by atoms with Gasteiger partial charge in [0.1, 0.15) is 0 Å². The first kappa shape index (κ1) is 14.0. The van der Waals surface area contributed by atoms with Crippen LogP contribution in [0.2, 0.25) is 0 Å². The number of hydrogen-bond donors (Lipinski definition) is 2. The molecule has 2 rings (SSSR count). The van der Waals surface area contributed by atoms with Gasteiger partial charge in [-0.25, -0.2) is 0 Å². The van der Waals surface area contributed by atoms with Gasteiger partial charge in [-0.2, -0.15) is 0 Å². The van der Waals surface area contributed by atoms with Gasteiger partial charge in [0, 0.05) is 10.9 Å². The van der Waals surface area contributed by atoms with E-state index >= 15 is 0 Å². The number of thiophene rings is 1. The van der Waals surface area contributed by atoms with E-state index in [0.717, 1.165) is 12.3 Å². The maximum atomic E-state index is 5.76. The summed E-state index contributed by atoms with van der Waals surface area (Å²) in [7, 11) is 0. The smallest absolute Gasteiger partial charge is 0.0242 e. The van der Waals surface area contributed by atoms with Gasteiger partial charge in [-0.05, 0) is 61.3 Å². The van der Waals surface area contributed by atoms with Crippen LogP contribution in [0.5, 0.6) is 0 Å². The molecule has 1 saturated carbocycles. The molecule has 0 radical (unpaired) electrons. The van der Waals surface area contributed by atoms with Crippen LogP contribution in [0.4, 0.5) is 0 Å². The Balaban J connectivity index is 1.82. The fourth-order valence-electron chi connectivity index (χ4n) is 3.03. The molecule has 18 heavy (non-hydrogen) atoms. The van der Waals surface area contributed by atoms with Crippen molar-refractivity contribution in [1.82, 2.24) is 5.43 Å². The van der Waals surface area contributed by atoms with Gasteiger partial charge in [0.25, 0.3) is 0 Å². The largest absolute Gasteiger partial charge is 0.271 e. The van der Waals surface area contributed by atoms with Crippen molar-refractivity contribution in [3.63, 3.8) is 0 Å². The fraction of sp³-hybridized carbons (Fsp3) is 0.733. The summed E-state index contributed by atoms with van der Waals surface area (Å²) in [5.41, 5.74) is 3.61. The summed E-state index contributed by atoms with van der Waals surface area (Å²) < 4.78 is 0. The van der Waals surface area contributed by atoms with Crippen molar-refractivity contribution in [2.24, 2.45) is 17.2 Å². The van der Waals surface area contributed by atoms with Crippen LogP contribution in [-0.2, 0) is 6.42 Å². The number of hydrogen-bond acceptors (Lipinski definition) is 3. The van der Waals surface area contributed by atoms with E-state index in [-0.39, 0.29) is 0 Å². The summed E-state index contributed by atoms with van der Waals surface area (Å²) in [4.78, 5) is 1.48. The van der Waals surface area contributed by atoms with Crippen LogP contribution < -0.4 is 11.3 Å². The molecular formula is C15H26N2S. The van der Waals surface area contributed by atoms with Crippen molar-refractivity contribution in [3.8, 4) is 0 Å². The Morgan fingerprint density at radius 1 is 1.44 bits per heavy atom. The zero-order chi connectivity index (χ0) is 13.0. The third kappa shape index (κ3) is 3.81. The molecule has 0 aliphatic heterocycles. The first-order chi connectivity index (χ1) is 8.61. The van der Waals surface area contributed by atoms with E-state index in [9.17, 15) is 0 Å². The zero-order valence-electron chi connectivity index (χ0n) is 11.6. The highest BCUT2D eigenvalue weighted by Crippen LogP contribution is 2.39. The lowest BCUT2D eigenvalue weighted by atomic mass is 9.70. The fourth-order valence-corrected chi connectivity index (χ4v) is 3.76. The number of rotatable bonds is 5. The Hall–Kier alpha value is -0.380. The molecule has 0 saturated heterocycles. The van der Waals surface area contributed by atoms with Crippen LogP contribution in [-0.4, -0.2) is 6.04 Å². The van der Waals surface area contributed by atoms with Gasteiger partial charge in [-0.15, -0.1) is 11.3 Å².